The Morgan fingerprint density at radius 2 is 1.91 bits per heavy atom. The van der Waals surface area contributed by atoms with Crippen LogP contribution in [0.25, 0.3) is 10.6 Å². The zero-order valence-electron chi connectivity index (χ0n) is 17.9. The molecular formula is C20H21N5O6S. The predicted molar refractivity (Wildman–Crippen MR) is 118 cm³/mol. The number of nitro groups is 1. The van der Waals surface area contributed by atoms with E-state index < -0.39 is 16.5 Å². The Morgan fingerprint density at radius 3 is 2.50 bits per heavy atom. The summed E-state index contributed by atoms with van der Waals surface area (Å²) in [4.78, 5) is 40.8. The Hall–Kier alpha value is -3.80. The van der Waals surface area contributed by atoms with Crippen molar-refractivity contribution >= 4 is 22.9 Å². The third-order valence-electron chi connectivity index (χ3n) is 4.56. The number of carbonyl (C=O) groups is 1. The Kier molecular flexibility index (Phi) is 6.83. The van der Waals surface area contributed by atoms with Crippen LogP contribution in [0.5, 0.6) is 11.5 Å². The molecule has 0 saturated carbocycles. The summed E-state index contributed by atoms with van der Waals surface area (Å²) in [5.41, 5.74) is 0.485. The summed E-state index contributed by atoms with van der Waals surface area (Å²) in [5, 5.41) is 19.2. The molecule has 0 aliphatic heterocycles. The molecule has 0 bridgehead atoms. The average molecular weight is 459 g/mol. The summed E-state index contributed by atoms with van der Waals surface area (Å²) in [6.07, 6.45) is 0. The van der Waals surface area contributed by atoms with Gasteiger partial charge >= 0.3 is 0 Å². The molecule has 0 atom stereocenters. The maximum Gasteiger partial charge on any atom is 0.286 e. The van der Waals surface area contributed by atoms with Crippen molar-refractivity contribution in [1.82, 2.24) is 20.1 Å². The molecule has 0 saturated heterocycles. The fourth-order valence-corrected chi connectivity index (χ4v) is 3.96. The van der Waals surface area contributed by atoms with Crippen molar-refractivity contribution in [3.8, 4) is 22.1 Å². The number of nitro benzene ring substituents is 1. The number of nitrogens with one attached hydrogen (secondary N) is 1. The summed E-state index contributed by atoms with van der Waals surface area (Å²) < 4.78 is 11.4. The number of aromatic nitrogens is 3. The largest absolute Gasteiger partial charge is 0.493 e. The number of hydrogen-bond acceptors (Lipinski definition) is 9. The highest BCUT2D eigenvalue weighted by molar-refractivity contribution is 7.15. The maximum absolute atomic E-state index is 12.6. The van der Waals surface area contributed by atoms with Crippen LogP contribution < -0.4 is 20.3 Å². The predicted octanol–water partition coefficient (Wildman–Crippen LogP) is 2.34. The number of ether oxygens (including phenoxy) is 2. The number of rotatable bonds is 8. The molecule has 3 rings (SSSR count). The van der Waals surface area contributed by atoms with Gasteiger partial charge in [0.05, 0.1) is 47.3 Å². The van der Waals surface area contributed by atoms with Gasteiger partial charge in [-0.25, -0.2) is 9.67 Å². The first-order chi connectivity index (χ1) is 15.2. The van der Waals surface area contributed by atoms with E-state index in [1.165, 1.54) is 42.4 Å². The molecule has 3 aromatic rings. The van der Waals surface area contributed by atoms with Crippen LogP contribution >= 0.6 is 11.3 Å². The van der Waals surface area contributed by atoms with Crippen molar-refractivity contribution in [2.45, 2.75) is 20.4 Å². The molecule has 0 aliphatic rings. The molecule has 1 aromatic carbocycles. The molecule has 1 amide bonds. The van der Waals surface area contributed by atoms with Crippen LogP contribution in [0.4, 0.5) is 5.69 Å². The molecule has 0 unspecified atom stereocenters. The lowest BCUT2D eigenvalue weighted by molar-refractivity contribution is -0.385. The highest BCUT2D eigenvalue weighted by Gasteiger charge is 2.24. The molecule has 0 spiro atoms. The van der Waals surface area contributed by atoms with E-state index in [0.717, 1.165) is 21.6 Å². The number of carbonyl (C=O) groups excluding carboxylic acids is 1. The van der Waals surface area contributed by atoms with E-state index in [2.05, 4.69) is 15.4 Å². The van der Waals surface area contributed by atoms with E-state index in [-0.39, 0.29) is 35.7 Å². The van der Waals surface area contributed by atoms with Crippen LogP contribution in [-0.2, 0) is 6.54 Å². The fraction of sp³-hybridized carbons (Fsp3) is 0.300. The Bertz CT molecular complexity index is 1240. The molecule has 1 N–H and O–H groups in total. The second-order valence-electron chi connectivity index (χ2n) is 6.66. The first-order valence-electron chi connectivity index (χ1n) is 9.46. The number of aryl methyl sites for hydroxylation is 2. The lowest BCUT2D eigenvalue weighted by Crippen LogP contribution is -2.32. The normalized spacial score (nSPS) is 10.6. The van der Waals surface area contributed by atoms with Crippen LogP contribution in [0, 0.1) is 24.0 Å². The van der Waals surface area contributed by atoms with Gasteiger partial charge in [0.2, 0.25) is 0 Å². The van der Waals surface area contributed by atoms with Crippen molar-refractivity contribution in [2.24, 2.45) is 0 Å². The Labute approximate surface area is 186 Å². The molecule has 0 fully saturated rings. The summed E-state index contributed by atoms with van der Waals surface area (Å²) in [6.45, 7) is 3.87. The van der Waals surface area contributed by atoms with E-state index in [1.807, 2.05) is 13.8 Å². The molecule has 2 heterocycles. The van der Waals surface area contributed by atoms with Gasteiger partial charge < -0.3 is 14.8 Å². The van der Waals surface area contributed by atoms with E-state index in [4.69, 9.17) is 9.47 Å². The van der Waals surface area contributed by atoms with Gasteiger partial charge in [-0.15, -0.1) is 11.3 Å². The minimum Gasteiger partial charge on any atom is -0.493 e. The third-order valence-corrected chi connectivity index (χ3v) is 5.65. The van der Waals surface area contributed by atoms with Crippen molar-refractivity contribution < 1.29 is 19.2 Å². The molecule has 168 valence electrons. The van der Waals surface area contributed by atoms with Gasteiger partial charge in [-0.2, -0.15) is 5.10 Å². The standard InChI is InChI=1S/C20H21N5O6S/c1-11-19(32-12(2)22-11)14-5-6-18(26)24(23-14)8-7-21-20(27)13-9-16(30-3)17(31-4)10-15(13)25(28)29/h5-6,9-10H,7-8H2,1-4H3,(H,21,27). The van der Waals surface area contributed by atoms with Crippen LogP contribution in [-0.4, -0.2) is 46.4 Å². The zero-order valence-corrected chi connectivity index (χ0v) is 18.7. The van der Waals surface area contributed by atoms with Gasteiger partial charge in [0.25, 0.3) is 17.2 Å². The highest BCUT2D eigenvalue weighted by Crippen LogP contribution is 2.34. The van der Waals surface area contributed by atoms with E-state index >= 15 is 0 Å². The quantitative estimate of drug-likeness (QED) is 0.400. The molecule has 0 radical (unpaired) electrons. The number of thiazole rings is 1. The summed E-state index contributed by atoms with van der Waals surface area (Å²) in [6, 6.07) is 5.40. The fourth-order valence-electron chi connectivity index (χ4n) is 3.07. The van der Waals surface area contributed by atoms with E-state index in [1.54, 1.807) is 6.07 Å². The van der Waals surface area contributed by atoms with Crippen molar-refractivity contribution in [3.63, 3.8) is 0 Å². The summed E-state index contributed by atoms with van der Waals surface area (Å²) in [5.74, 6) is -0.364. The van der Waals surface area contributed by atoms with Gasteiger partial charge in [0.15, 0.2) is 11.5 Å². The van der Waals surface area contributed by atoms with E-state index in [0.29, 0.717) is 5.69 Å². The van der Waals surface area contributed by atoms with Gasteiger partial charge in [0, 0.05) is 18.7 Å². The molecule has 11 nitrogen and oxygen atoms in total. The second kappa shape index (κ2) is 9.56. The average Bonchev–Trinajstić information content (AvgIpc) is 3.11. The smallest absolute Gasteiger partial charge is 0.286 e. The lowest BCUT2D eigenvalue weighted by Gasteiger charge is -2.11. The number of hydrogen-bond donors (Lipinski definition) is 1. The van der Waals surface area contributed by atoms with Gasteiger partial charge in [-0.1, -0.05) is 0 Å². The van der Waals surface area contributed by atoms with Crippen molar-refractivity contribution in [1.29, 1.82) is 0 Å². The first-order valence-corrected chi connectivity index (χ1v) is 10.3. The van der Waals surface area contributed by atoms with Crippen LogP contribution in [0.1, 0.15) is 21.1 Å². The van der Waals surface area contributed by atoms with Crippen molar-refractivity contribution in [2.75, 3.05) is 20.8 Å². The monoisotopic (exact) mass is 459 g/mol. The van der Waals surface area contributed by atoms with Gasteiger partial charge in [-0.3, -0.25) is 19.7 Å². The summed E-state index contributed by atoms with van der Waals surface area (Å²) in [7, 11) is 2.71. The first kappa shape index (κ1) is 22.9. The number of amides is 1. The highest BCUT2D eigenvalue weighted by atomic mass is 32.1. The molecule has 32 heavy (non-hydrogen) atoms. The van der Waals surface area contributed by atoms with Gasteiger partial charge in [-0.05, 0) is 19.9 Å². The van der Waals surface area contributed by atoms with Crippen LogP contribution in [0.2, 0.25) is 0 Å². The molecule has 2 aromatic heterocycles. The van der Waals surface area contributed by atoms with Gasteiger partial charge in [0.1, 0.15) is 11.3 Å². The van der Waals surface area contributed by atoms with E-state index in [9.17, 15) is 19.7 Å². The SMILES string of the molecule is COc1cc(C(=O)NCCn2nc(-c3sc(C)nc3C)ccc2=O)c([N+](=O)[O-])cc1OC. The molecule has 12 heteroatoms. The minimum atomic E-state index is -0.684. The minimum absolute atomic E-state index is 0.0292. The Morgan fingerprint density at radius 1 is 1.22 bits per heavy atom. The van der Waals surface area contributed by atoms with Crippen molar-refractivity contribution in [3.05, 3.63) is 61.0 Å². The Balaban J connectivity index is 1.78. The molecule has 0 aliphatic carbocycles. The lowest BCUT2D eigenvalue weighted by atomic mass is 10.1. The number of nitrogens with zero attached hydrogens (tertiary/aromatic N) is 4. The number of methoxy groups -OCH3 is 2. The third kappa shape index (κ3) is 4.75. The molecular weight excluding hydrogens is 438 g/mol. The maximum atomic E-state index is 12.6. The zero-order chi connectivity index (χ0) is 23.4. The van der Waals surface area contributed by atoms with Crippen LogP contribution in [0.15, 0.2) is 29.1 Å². The number of benzene rings is 1. The topological polar surface area (TPSA) is 138 Å². The summed E-state index contributed by atoms with van der Waals surface area (Å²) >= 11 is 1.47. The second-order valence-corrected chi connectivity index (χ2v) is 7.87. The van der Waals surface area contributed by atoms with Crippen LogP contribution in [0.3, 0.4) is 0 Å².